The van der Waals surface area contributed by atoms with E-state index in [1.54, 1.807) is 40.5 Å². The molecule has 1 aromatic carbocycles. The average molecular weight is 350 g/mol. The van der Waals surface area contributed by atoms with Crippen LogP contribution in [0.1, 0.15) is 27.2 Å². The topological polar surface area (TPSA) is 124 Å². The summed E-state index contributed by atoms with van der Waals surface area (Å²) in [4.78, 5) is 21.1. The molecule has 0 aliphatic heterocycles. The van der Waals surface area contributed by atoms with Crippen molar-refractivity contribution < 1.29 is 9.90 Å². The maximum absolute atomic E-state index is 12.2. The summed E-state index contributed by atoms with van der Waals surface area (Å²) in [5.41, 5.74) is 16.2. The number of aryl methyl sites for hydroxylation is 2. The van der Waals surface area contributed by atoms with Gasteiger partial charge >= 0.3 is 0 Å². The van der Waals surface area contributed by atoms with Gasteiger partial charge in [0.1, 0.15) is 23.5 Å². The predicted octanol–water partition coefficient (Wildman–Crippen LogP) is 1.99. The van der Waals surface area contributed by atoms with Crippen LogP contribution < -0.4 is 11.5 Å². The predicted molar refractivity (Wildman–Crippen MR) is 98.6 cm³/mol. The minimum absolute atomic E-state index is 0.130. The van der Waals surface area contributed by atoms with Crippen molar-refractivity contribution in [3.05, 3.63) is 47.0 Å². The first-order chi connectivity index (χ1) is 12.3. The van der Waals surface area contributed by atoms with E-state index in [-0.39, 0.29) is 17.1 Å². The Morgan fingerprint density at radius 3 is 2.58 bits per heavy atom. The van der Waals surface area contributed by atoms with Crippen LogP contribution in [0.5, 0.6) is 5.75 Å². The van der Waals surface area contributed by atoms with Crippen molar-refractivity contribution in [1.29, 1.82) is 0 Å². The number of carbonyl (C=O) groups excluding carboxylic acids is 1. The van der Waals surface area contributed by atoms with Gasteiger partial charge in [-0.1, -0.05) is 6.07 Å². The molecule has 0 bridgehead atoms. The van der Waals surface area contributed by atoms with Crippen LogP contribution in [0.2, 0.25) is 0 Å². The lowest BCUT2D eigenvalue weighted by molar-refractivity contribution is 0.100. The molecule has 8 heteroatoms. The van der Waals surface area contributed by atoms with Gasteiger partial charge in [-0.05, 0) is 32.4 Å². The fourth-order valence-corrected chi connectivity index (χ4v) is 3.45. The number of nitrogen functional groups attached to an aromatic ring is 1. The highest BCUT2D eigenvalue weighted by molar-refractivity contribution is 6.15. The second-order valence-electron chi connectivity index (χ2n) is 6.37. The molecule has 5 N–H and O–H groups in total. The number of amides is 1. The zero-order chi connectivity index (χ0) is 18.7. The van der Waals surface area contributed by atoms with Gasteiger partial charge in [-0.15, -0.1) is 0 Å². The number of hydrogen-bond acceptors (Lipinski definition) is 5. The van der Waals surface area contributed by atoms with Crippen molar-refractivity contribution in [2.24, 2.45) is 5.73 Å². The first kappa shape index (κ1) is 15.9. The Labute approximate surface area is 148 Å². The zero-order valence-electron chi connectivity index (χ0n) is 14.6. The molecule has 0 fully saturated rings. The summed E-state index contributed by atoms with van der Waals surface area (Å²) in [5.74, 6) is -0.354. The van der Waals surface area contributed by atoms with E-state index >= 15 is 0 Å². The Balaban J connectivity index is 2.26. The Morgan fingerprint density at radius 2 is 1.88 bits per heavy atom. The van der Waals surface area contributed by atoms with E-state index in [4.69, 9.17) is 11.5 Å². The number of nitrogens with two attached hydrogens (primary N) is 2. The monoisotopic (exact) mass is 350 g/mol. The molecule has 0 aliphatic carbocycles. The number of nitrogens with zero attached hydrogens (tertiary/aromatic N) is 4. The molecule has 1 amide bonds. The molecule has 0 radical (unpaired) electrons. The largest absolute Gasteiger partial charge is 0.508 e. The number of phenolic OH excluding ortho intramolecular Hbond substituents is 1. The lowest BCUT2D eigenvalue weighted by Crippen LogP contribution is -2.14. The minimum atomic E-state index is -0.655. The van der Waals surface area contributed by atoms with Gasteiger partial charge in [0.25, 0.3) is 5.91 Å². The summed E-state index contributed by atoms with van der Waals surface area (Å²) in [5, 5.41) is 10.7. The number of anilines is 1. The number of aromatic nitrogens is 4. The highest BCUT2D eigenvalue weighted by Gasteiger charge is 2.26. The SMILES string of the molecule is Cc1ccc(O)c(C)c1-n1c(N)c(C(N)=O)c2c1ncn1c(C)cnc21. The van der Waals surface area contributed by atoms with E-state index in [1.165, 1.54) is 0 Å². The van der Waals surface area contributed by atoms with Crippen LogP contribution in [0, 0.1) is 20.8 Å². The second-order valence-corrected chi connectivity index (χ2v) is 6.37. The van der Waals surface area contributed by atoms with E-state index in [9.17, 15) is 9.90 Å². The van der Waals surface area contributed by atoms with Crippen molar-refractivity contribution in [2.75, 3.05) is 5.73 Å². The Bertz CT molecular complexity index is 1220. The highest BCUT2D eigenvalue weighted by atomic mass is 16.3. The van der Waals surface area contributed by atoms with Crippen LogP contribution in [0.15, 0.2) is 24.7 Å². The first-order valence-corrected chi connectivity index (χ1v) is 8.04. The minimum Gasteiger partial charge on any atom is -0.508 e. The van der Waals surface area contributed by atoms with E-state index in [2.05, 4.69) is 9.97 Å². The van der Waals surface area contributed by atoms with E-state index in [1.807, 2.05) is 13.8 Å². The third-order valence-corrected chi connectivity index (χ3v) is 4.76. The number of aromatic hydroxyl groups is 1. The van der Waals surface area contributed by atoms with Crippen molar-refractivity contribution in [2.45, 2.75) is 20.8 Å². The number of fused-ring (bicyclic) bond motifs is 3. The molecule has 132 valence electrons. The normalized spacial score (nSPS) is 11.5. The number of phenols is 1. The smallest absolute Gasteiger partial charge is 0.253 e. The molecule has 4 rings (SSSR count). The molecule has 0 saturated carbocycles. The lowest BCUT2D eigenvalue weighted by Gasteiger charge is -2.15. The van der Waals surface area contributed by atoms with Gasteiger partial charge in [0.05, 0.1) is 16.6 Å². The van der Waals surface area contributed by atoms with Gasteiger partial charge in [-0.2, -0.15) is 0 Å². The number of imidazole rings is 1. The fraction of sp³-hybridized carbons (Fsp3) is 0.167. The summed E-state index contributed by atoms with van der Waals surface area (Å²) in [7, 11) is 0. The molecule has 0 aliphatic rings. The molecule has 26 heavy (non-hydrogen) atoms. The van der Waals surface area contributed by atoms with Gasteiger partial charge in [0, 0.05) is 17.5 Å². The molecule has 0 atom stereocenters. The summed E-state index contributed by atoms with van der Waals surface area (Å²) in [6.45, 7) is 5.57. The average Bonchev–Trinajstić information content (AvgIpc) is 3.10. The summed E-state index contributed by atoms with van der Waals surface area (Å²) >= 11 is 0. The van der Waals surface area contributed by atoms with Gasteiger partial charge in [0.2, 0.25) is 0 Å². The lowest BCUT2D eigenvalue weighted by atomic mass is 10.1. The van der Waals surface area contributed by atoms with Crippen molar-refractivity contribution >= 4 is 28.4 Å². The summed E-state index contributed by atoms with van der Waals surface area (Å²) in [6, 6.07) is 3.40. The van der Waals surface area contributed by atoms with Crippen LogP contribution in [0.4, 0.5) is 5.82 Å². The van der Waals surface area contributed by atoms with E-state index in [0.29, 0.717) is 27.9 Å². The number of primary amides is 1. The molecule has 4 aromatic rings. The zero-order valence-corrected chi connectivity index (χ0v) is 14.6. The third kappa shape index (κ3) is 1.92. The fourth-order valence-electron chi connectivity index (χ4n) is 3.45. The number of benzene rings is 1. The molecule has 3 heterocycles. The Kier molecular flexibility index (Phi) is 3.20. The van der Waals surface area contributed by atoms with Crippen molar-refractivity contribution in [3.63, 3.8) is 0 Å². The van der Waals surface area contributed by atoms with Crippen LogP contribution in [-0.4, -0.2) is 29.9 Å². The van der Waals surface area contributed by atoms with E-state index < -0.39 is 5.91 Å². The molecule has 0 unspecified atom stereocenters. The highest BCUT2D eigenvalue weighted by Crippen LogP contribution is 2.36. The maximum atomic E-state index is 12.2. The molecule has 0 spiro atoms. The van der Waals surface area contributed by atoms with Crippen molar-refractivity contribution in [1.82, 2.24) is 18.9 Å². The van der Waals surface area contributed by atoms with Gasteiger partial charge in [0.15, 0.2) is 5.65 Å². The summed E-state index contributed by atoms with van der Waals surface area (Å²) in [6.07, 6.45) is 3.33. The standard InChI is InChI=1S/C18H18N6O2/c1-8-4-5-11(25)10(3)14(8)24-15(19)12(16(20)26)13-17-21-6-9(2)23(17)7-22-18(13)24/h4-7,25H,19H2,1-3H3,(H2,20,26). The van der Waals surface area contributed by atoms with Gasteiger partial charge in [-0.25, -0.2) is 9.97 Å². The van der Waals surface area contributed by atoms with Crippen LogP contribution in [0.3, 0.4) is 0 Å². The Morgan fingerprint density at radius 1 is 1.15 bits per heavy atom. The molecular weight excluding hydrogens is 332 g/mol. The molecule has 8 nitrogen and oxygen atoms in total. The van der Waals surface area contributed by atoms with Gasteiger partial charge < -0.3 is 16.6 Å². The van der Waals surface area contributed by atoms with Crippen LogP contribution in [0.25, 0.3) is 22.4 Å². The third-order valence-electron chi connectivity index (χ3n) is 4.76. The quantitative estimate of drug-likeness (QED) is 0.510. The maximum Gasteiger partial charge on any atom is 0.253 e. The molecule has 0 saturated heterocycles. The van der Waals surface area contributed by atoms with Gasteiger partial charge in [-0.3, -0.25) is 13.8 Å². The Hall–Kier alpha value is -3.55. The number of hydrogen-bond donors (Lipinski definition) is 3. The second kappa shape index (κ2) is 5.22. The molecular formula is C18H18N6O2. The van der Waals surface area contributed by atoms with E-state index in [0.717, 1.165) is 11.3 Å². The van der Waals surface area contributed by atoms with Crippen LogP contribution in [-0.2, 0) is 0 Å². The first-order valence-electron chi connectivity index (χ1n) is 8.04. The molecule has 3 aromatic heterocycles. The number of rotatable bonds is 2. The summed E-state index contributed by atoms with van der Waals surface area (Å²) < 4.78 is 3.44. The number of carbonyl (C=O) groups is 1. The van der Waals surface area contributed by atoms with Crippen LogP contribution >= 0.6 is 0 Å². The van der Waals surface area contributed by atoms with Crippen molar-refractivity contribution in [3.8, 4) is 11.4 Å².